The van der Waals surface area contributed by atoms with Gasteiger partial charge in [0.05, 0.1) is 18.1 Å². The maximum atomic E-state index is 12.8. The highest BCUT2D eigenvalue weighted by molar-refractivity contribution is 6.35. The highest BCUT2D eigenvalue weighted by Crippen LogP contribution is 2.43. The number of unbranched alkanes of at least 4 members (excludes halogenated alkanes) is 1. The number of fused-ring (bicyclic) bond motifs is 1. The van der Waals surface area contributed by atoms with Gasteiger partial charge in [-0.05, 0) is 66.6 Å². The summed E-state index contributed by atoms with van der Waals surface area (Å²) in [6, 6.07) is 26.6. The molecule has 218 valence electrons. The molecule has 1 atom stereocenters. The molecule has 0 saturated carbocycles. The van der Waals surface area contributed by atoms with Gasteiger partial charge in [0.2, 0.25) is 5.88 Å². The topological polar surface area (TPSA) is 104 Å². The fourth-order valence-electron chi connectivity index (χ4n) is 4.59. The molecule has 2 N–H and O–H groups in total. The lowest BCUT2D eigenvalue weighted by atomic mass is 9.83. The Hall–Kier alpha value is -4.64. The van der Waals surface area contributed by atoms with Crippen LogP contribution in [-0.2, 0) is 6.61 Å². The molecule has 4 aromatic carbocycles. The van der Waals surface area contributed by atoms with E-state index >= 15 is 0 Å². The zero-order valence-electron chi connectivity index (χ0n) is 23.3. The van der Waals surface area contributed by atoms with Crippen LogP contribution in [0.15, 0.2) is 96.4 Å². The average molecular weight is 616 g/mol. The number of ether oxygens (including phenoxy) is 4. The van der Waals surface area contributed by atoms with Crippen molar-refractivity contribution in [3.8, 4) is 29.1 Å². The molecular weight excluding hydrogens is 587 g/mol. The summed E-state index contributed by atoms with van der Waals surface area (Å²) in [7, 11) is 0. The van der Waals surface area contributed by atoms with Crippen molar-refractivity contribution in [2.75, 3.05) is 6.61 Å². The van der Waals surface area contributed by atoms with Crippen molar-refractivity contribution in [2.24, 2.45) is 5.73 Å². The molecule has 0 radical (unpaired) electrons. The quantitative estimate of drug-likeness (QED) is 0.109. The molecule has 0 bridgehead atoms. The van der Waals surface area contributed by atoms with Crippen LogP contribution in [0.2, 0.25) is 10.0 Å². The third-order valence-electron chi connectivity index (χ3n) is 6.88. The lowest BCUT2D eigenvalue weighted by Gasteiger charge is -2.26. The molecule has 0 spiro atoms. The molecule has 7 nitrogen and oxygen atoms in total. The smallest absolute Gasteiger partial charge is 0.343 e. The fourth-order valence-corrected chi connectivity index (χ4v) is 5.05. The van der Waals surface area contributed by atoms with Crippen LogP contribution in [0.25, 0.3) is 0 Å². The Labute approximate surface area is 260 Å². The number of carbonyl (C=O) groups excluding carboxylic acids is 1. The first-order valence-electron chi connectivity index (χ1n) is 13.7. The van der Waals surface area contributed by atoms with Crippen LogP contribution in [0.4, 0.5) is 0 Å². The number of hydrogen-bond acceptors (Lipinski definition) is 7. The first kappa shape index (κ1) is 29.8. The van der Waals surface area contributed by atoms with E-state index in [1.54, 1.807) is 54.6 Å². The molecule has 0 amide bonds. The van der Waals surface area contributed by atoms with E-state index in [4.69, 9.17) is 47.9 Å². The number of allylic oxidation sites excluding steroid dienone is 1. The number of nitriles is 1. The number of nitrogens with zero attached hydrogens (tertiary/aromatic N) is 1. The maximum absolute atomic E-state index is 12.8. The molecule has 4 aromatic rings. The molecule has 1 unspecified atom stereocenters. The van der Waals surface area contributed by atoms with E-state index in [2.05, 4.69) is 13.0 Å². The Balaban J connectivity index is 1.31. The summed E-state index contributed by atoms with van der Waals surface area (Å²) in [5, 5.41) is 11.0. The molecule has 0 aliphatic carbocycles. The minimum atomic E-state index is -0.524. The van der Waals surface area contributed by atoms with Crippen molar-refractivity contribution in [1.29, 1.82) is 5.26 Å². The molecule has 0 fully saturated rings. The van der Waals surface area contributed by atoms with Crippen LogP contribution in [-0.4, -0.2) is 12.6 Å². The van der Waals surface area contributed by atoms with E-state index in [0.29, 0.717) is 45.0 Å². The Kier molecular flexibility index (Phi) is 9.41. The van der Waals surface area contributed by atoms with Gasteiger partial charge in [-0.2, -0.15) is 5.26 Å². The number of nitrogens with two attached hydrogens (primary N) is 1. The van der Waals surface area contributed by atoms with E-state index in [-0.39, 0.29) is 23.8 Å². The van der Waals surface area contributed by atoms with Crippen molar-refractivity contribution in [3.63, 3.8) is 0 Å². The first-order chi connectivity index (χ1) is 20.9. The number of benzene rings is 4. The lowest BCUT2D eigenvalue weighted by molar-refractivity contribution is 0.0734. The second-order valence-electron chi connectivity index (χ2n) is 9.83. The summed E-state index contributed by atoms with van der Waals surface area (Å²) in [4.78, 5) is 12.8. The summed E-state index contributed by atoms with van der Waals surface area (Å²) in [6.45, 7) is 2.99. The molecule has 5 rings (SSSR count). The number of hydrogen-bond donors (Lipinski definition) is 1. The van der Waals surface area contributed by atoms with Gasteiger partial charge >= 0.3 is 5.97 Å². The summed E-state index contributed by atoms with van der Waals surface area (Å²) in [5.74, 6) is 0.968. The Morgan fingerprint density at radius 3 is 2.33 bits per heavy atom. The van der Waals surface area contributed by atoms with Gasteiger partial charge < -0.3 is 24.7 Å². The van der Waals surface area contributed by atoms with Crippen LogP contribution in [0, 0.1) is 11.3 Å². The summed E-state index contributed by atoms with van der Waals surface area (Å²) >= 11 is 12.2. The summed E-state index contributed by atoms with van der Waals surface area (Å²) < 4.78 is 23.0. The molecule has 0 aromatic heterocycles. The van der Waals surface area contributed by atoms with E-state index in [0.717, 1.165) is 24.0 Å². The first-order valence-corrected chi connectivity index (χ1v) is 14.4. The van der Waals surface area contributed by atoms with Crippen LogP contribution in [0.1, 0.15) is 52.7 Å². The fraction of sp³-hybridized carbons (Fsp3) is 0.176. The van der Waals surface area contributed by atoms with Crippen molar-refractivity contribution in [2.45, 2.75) is 32.3 Å². The van der Waals surface area contributed by atoms with Crippen LogP contribution in [0.5, 0.6) is 23.0 Å². The Bertz CT molecular complexity index is 1700. The maximum Gasteiger partial charge on any atom is 0.343 e. The van der Waals surface area contributed by atoms with Crippen molar-refractivity contribution < 1.29 is 23.7 Å². The highest BCUT2D eigenvalue weighted by Gasteiger charge is 2.31. The van der Waals surface area contributed by atoms with E-state index in [1.165, 1.54) is 0 Å². The highest BCUT2D eigenvalue weighted by atomic mass is 35.5. The van der Waals surface area contributed by atoms with Crippen molar-refractivity contribution in [3.05, 3.63) is 129 Å². The third kappa shape index (κ3) is 7.06. The minimum absolute atomic E-state index is 0.0140. The number of esters is 1. The standard InChI is InChI=1S/C34H28Cl2N2O5/c1-2-3-16-40-25-12-7-22(8-13-25)34(39)42-27-14-15-28-31(18-27)43-33(38)29(19-37)32(28)21-5-10-26(11-6-21)41-20-23-4-9-24(35)17-30(23)36/h4-15,17-18,32H,2-3,16,20,38H2,1H3. The van der Waals surface area contributed by atoms with Gasteiger partial charge in [-0.25, -0.2) is 4.79 Å². The molecule has 0 saturated heterocycles. The van der Waals surface area contributed by atoms with Gasteiger partial charge in [0.15, 0.2) is 0 Å². The number of rotatable bonds is 10. The molecule has 1 heterocycles. The normalized spacial score (nSPS) is 13.9. The molecule has 1 aliphatic rings. The van der Waals surface area contributed by atoms with Crippen molar-refractivity contribution in [1.82, 2.24) is 0 Å². The van der Waals surface area contributed by atoms with E-state index in [1.807, 2.05) is 30.3 Å². The van der Waals surface area contributed by atoms with Gasteiger partial charge in [-0.3, -0.25) is 0 Å². The van der Waals surface area contributed by atoms with Gasteiger partial charge in [0.25, 0.3) is 0 Å². The number of halogens is 2. The predicted molar refractivity (Wildman–Crippen MR) is 165 cm³/mol. The summed E-state index contributed by atoms with van der Waals surface area (Å²) in [5.41, 5.74) is 9.15. The second-order valence-corrected chi connectivity index (χ2v) is 10.7. The van der Waals surface area contributed by atoms with Crippen LogP contribution in [0.3, 0.4) is 0 Å². The summed E-state index contributed by atoms with van der Waals surface area (Å²) in [6.07, 6.45) is 2.00. The van der Waals surface area contributed by atoms with Gasteiger partial charge in [-0.15, -0.1) is 0 Å². The monoisotopic (exact) mass is 614 g/mol. The molecule has 43 heavy (non-hydrogen) atoms. The van der Waals surface area contributed by atoms with Gasteiger partial charge in [0, 0.05) is 27.2 Å². The van der Waals surface area contributed by atoms with E-state index in [9.17, 15) is 10.1 Å². The zero-order chi connectivity index (χ0) is 30.3. The van der Waals surface area contributed by atoms with Gasteiger partial charge in [0.1, 0.15) is 41.2 Å². The predicted octanol–water partition coefficient (Wildman–Crippen LogP) is 8.19. The molecular formula is C34H28Cl2N2O5. The second kappa shape index (κ2) is 13.6. The van der Waals surface area contributed by atoms with Crippen LogP contribution < -0.4 is 24.7 Å². The van der Waals surface area contributed by atoms with Gasteiger partial charge in [-0.1, -0.05) is 60.8 Å². The Morgan fingerprint density at radius 2 is 1.63 bits per heavy atom. The third-order valence-corrected chi connectivity index (χ3v) is 7.47. The Morgan fingerprint density at radius 1 is 0.930 bits per heavy atom. The SMILES string of the molecule is CCCCOc1ccc(C(=O)Oc2ccc3c(c2)OC(N)=C(C#N)C3c2ccc(OCc3ccc(Cl)cc3Cl)cc2)cc1. The zero-order valence-corrected chi connectivity index (χ0v) is 24.8. The molecule has 9 heteroatoms. The minimum Gasteiger partial charge on any atom is -0.494 e. The lowest BCUT2D eigenvalue weighted by Crippen LogP contribution is -2.21. The molecule has 1 aliphatic heterocycles. The largest absolute Gasteiger partial charge is 0.494 e. The van der Waals surface area contributed by atoms with E-state index < -0.39 is 11.9 Å². The number of carbonyl (C=O) groups is 1. The average Bonchev–Trinajstić information content (AvgIpc) is 3.00. The van der Waals surface area contributed by atoms with Crippen LogP contribution >= 0.6 is 23.2 Å². The van der Waals surface area contributed by atoms with Crippen molar-refractivity contribution >= 4 is 29.2 Å².